The van der Waals surface area contributed by atoms with E-state index < -0.39 is 10.0 Å². The Morgan fingerprint density at radius 2 is 1.76 bits per heavy atom. The van der Waals surface area contributed by atoms with Crippen molar-refractivity contribution in [3.05, 3.63) is 60.2 Å². The third kappa shape index (κ3) is 4.79. The van der Waals surface area contributed by atoms with Crippen LogP contribution in [0.4, 0.5) is 11.4 Å². The predicted octanol–water partition coefficient (Wildman–Crippen LogP) is 3.08. The van der Waals surface area contributed by atoms with Gasteiger partial charge in [0.15, 0.2) is 0 Å². The summed E-state index contributed by atoms with van der Waals surface area (Å²) in [4.78, 5) is 2.20. The van der Waals surface area contributed by atoms with Gasteiger partial charge >= 0.3 is 0 Å². The molecule has 0 aliphatic heterocycles. The summed E-state index contributed by atoms with van der Waals surface area (Å²) >= 11 is 0. The van der Waals surface area contributed by atoms with E-state index in [1.54, 1.807) is 6.07 Å². The SMILES string of the molecule is CCN(Cc1ccccc1)c1cccc(NS(C)(=O)=O)c1. The van der Waals surface area contributed by atoms with Crippen LogP contribution >= 0.6 is 0 Å². The largest absolute Gasteiger partial charge is 0.367 e. The van der Waals surface area contributed by atoms with E-state index in [4.69, 9.17) is 0 Å². The lowest BCUT2D eigenvalue weighted by Crippen LogP contribution is -2.22. The first-order valence-corrected chi connectivity index (χ1v) is 8.74. The molecule has 0 amide bonds. The van der Waals surface area contributed by atoms with Gasteiger partial charge < -0.3 is 4.90 Å². The molecule has 2 aromatic carbocycles. The zero-order chi connectivity index (χ0) is 15.3. The number of hydrogen-bond acceptors (Lipinski definition) is 3. The Morgan fingerprint density at radius 1 is 1.05 bits per heavy atom. The van der Waals surface area contributed by atoms with Crippen LogP contribution in [0.1, 0.15) is 12.5 Å². The van der Waals surface area contributed by atoms with Gasteiger partial charge in [-0.25, -0.2) is 8.42 Å². The van der Waals surface area contributed by atoms with Crippen molar-refractivity contribution in [1.82, 2.24) is 0 Å². The predicted molar refractivity (Wildman–Crippen MR) is 88.1 cm³/mol. The molecule has 2 aromatic rings. The van der Waals surface area contributed by atoms with Gasteiger partial charge in [0.2, 0.25) is 10.0 Å². The van der Waals surface area contributed by atoms with Crippen LogP contribution in [0.3, 0.4) is 0 Å². The minimum atomic E-state index is -3.25. The van der Waals surface area contributed by atoms with Crippen LogP contribution in [-0.2, 0) is 16.6 Å². The molecule has 0 spiro atoms. The van der Waals surface area contributed by atoms with Crippen molar-refractivity contribution in [3.8, 4) is 0 Å². The first kappa shape index (κ1) is 15.4. The zero-order valence-electron chi connectivity index (χ0n) is 12.3. The molecule has 0 aliphatic rings. The summed E-state index contributed by atoms with van der Waals surface area (Å²) in [6, 6.07) is 17.7. The number of rotatable bonds is 6. The molecule has 0 atom stereocenters. The molecule has 0 saturated heterocycles. The van der Waals surface area contributed by atoms with E-state index in [9.17, 15) is 8.42 Å². The molecule has 0 bridgehead atoms. The number of sulfonamides is 1. The van der Waals surface area contributed by atoms with Gasteiger partial charge in [0, 0.05) is 18.8 Å². The first-order chi connectivity index (χ1) is 9.98. The second kappa shape index (κ2) is 6.63. The quantitative estimate of drug-likeness (QED) is 0.892. The van der Waals surface area contributed by atoms with Crippen molar-refractivity contribution in [2.75, 3.05) is 22.4 Å². The fourth-order valence-electron chi connectivity index (χ4n) is 2.17. The highest BCUT2D eigenvalue weighted by molar-refractivity contribution is 7.92. The van der Waals surface area contributed by atoms with Crippen LogP contribution in [0.2, 0.25) is 0 Å². The average molecular weight is 304 g/mol. The average Bonchev–Trinajstić information content (AvgIpc) is 2.44. The van der Waals surface area contributed by atoms with Crippen molar-refractivity contribution in [1.29, 1.82) is 0 Å². The third-order valence-corrected chi connectivity index (χ3v) is 3.72. The highest BCUT2D eigenvalue weighted by Gasteiger charge is 2.08. The standard InChI is InChI=1S/C16H20N2O2S/c1-3-18(13-14-8-5-4-6-9-14)16-11-7-10-15(12-16)17-21(2,19)20/h4-12,17H,3,13H2,1-2H3. The molecule has 5 heteroatoms. The summed E-state index contributed by atoms with van der Waals surface area (Å²) in [6.45, 7) is 3.72. The first-order valence-electron chi connectivity index (χ1n) is 6.84. The van der Waals surface area contributed by atoms with Gasteiger partial charge in [-0.3, -0.25) is 4.72 Å². The Balaban J connectivity index is 2.20. The van der Waals surface area contributed by atoms with Crippen LogP contribution in [0.25, 0.3) is 0 Å². The Kier molecular flexibility index (Phi) is 4.85. The molecule has 0 fully saturated rings. The molecule has 2 rings (SSSR count). The molecule has 21 heavy (non-hydrogen) atoms. The minimum Gasteiger partial charge on any atom is -0.367 e. The molecule has 0 radical (unpaired) electrons. The van der Waals surface area contributed by atoms with Gasteiger partial charge in [0.1, 0.15) is 0 Å². The van der Waals surface area contributed by atoms with Gasteiger partial charge in [-0.1, -0.05) is 36.4 Å². The van der Waals surface area contributed by atoms with Crippen LogP contribution in [0.15, 0.2) is 54.6 Å². The van der Waals surface area contributed by atoms with Gasteiger partial charge in [0.05, 0.1) is 11.9 Å². The second-order valence-corrected chi connectivity index (χ2v) is 6.67. The highest BCUT2D eigenvalue weighted by atomic mass is 32.2. The van der Waals surface area contributed by atoms with Crippen LogP contribution < -0.4 is 9.62 Å². The lowest BCUT2D eigenvalue weighted by molar-refractivity contribution is 0.607. The van der Waals surface area contributed by atoms with E-state index in [0.717, 1.165) is 25.0 Å². The third-order valence-electron chi connectivity index (χ3n) is 3.11. The number of nitrogens with zero attached hydrogens (tertiary/aromatic N) is 1. The molecule has 0 saturated carbocycles. The summed E-state index contributed by atoms with van der Waals surface area (Å²) in [5, 5.41) is 0. The van der Waals surface area contributed by atoms with Crippen molar-refractivity contribution in [2.45, 2.75) is 13.5 Å². The normalized spacial score (nSPS) is 11.1. The van der Waals surface area contributed by atoms with Crippen LogP contribution in [0.5, 0.6) is 0 Å². The molecule has 1 N–H and O–H groups in total. The van der Waals surface area contributed by atoms with E-state index in [-0.39, 0.29) is 0 Å². The molecule has 112 valence electrons. The molecule has 0 aromatic heterocycles. The Hall–Kier alpha value is -2.01. The lowest BCUT2D eigenvalue weighted by atomic mass is 10.2. The maximum Gasteiger partial charge on any atom is 0.229 e. The number of benzene rings is 2. The topological polar surface area (TPSA) is 49.4 Å². The maximum absolute atomic E-state index is 11.3. The van der Waals surface area contributed by atoms with E-state index in [0.29, 0.717) is 5.69 Å². The maximum atomic E-state index is 11.3. The molecular formula is C16H20N2O2S. The Labute approximate surface area is 126 Å². The monoisotopic (exact) mass is 304 g/mol. The van der Waals surface area contributed by atoms with Gasteiger partial charge in [-0.2, -0.15) is 0 Å². The molecule has 0 heterocycles. The molecule has 0 unspecified atom stereocenters. The van der Waals surface area contributed by atoms with Crippen molar-refractivity contribution in [2.24, 2.45) is 0 Å². The summed E-state index contributed by atoms with van der Waals surface area (Å²) in [5.41, 5.74) is 2.80. The second-order valence-electron chi connectivity index (χ2n) is 4.92. The number of nitrogens with one attached hydrogen (secondary N) is 1. The van der Waals surface area contributed by atoms with Crippen molar-refractivity contribution in [3.63, 3.8) is 0 Å². The smallest absolute Gasteiger partial charge is 0.229 e. The van der Waals surface area contributed by atoms with Crippen LogP contribution in [-0.4, -0.2) is 21.2 Å². The van der Waals surface area contributed by atoms with Gasteiger partial charge in [-0.15, -0.1) is 0 Å². The Morgan fingerprint density at radius 3 is 2.38 bits per heavy atom. The zero-order valence-corrected chi connectivity index (χ0v) is 13.1. The lowest BCUT2D eigenvalue weighted by Gasteiger charge is -2.24. The highest BCUT2D eigenvalue weighted by Crippen LogP contribution is 2.21. The van der Waals surface area contributed by atoms with Crippen molar-refractivity contribution >= 4 is 21.4 Å². The van der Waals surface area contributed by atoms with E-state index in [1.807, 2.05) is 36.4 Å². The van der Waals surface area contributed by atoms with E-state index in [2.05, 4.69) is 28.7 Å². The van der Waals surface area contributed by atoms with Gasteiger partial charge in [-0.05, 0) is 30.7 Å². The number of anilines is 2. The summed E-state index contributed by atoms with van der Waals surface area (Å²) in [6.07, 6.45) is 1.15. The summed E-state index contributed by atoms with van der Waals surface area (Å²) < 4.78 is 25.1. The van der Waals surface area contributed by atoms with Crippen LogP contribution in [0, 0.1) is 0 Å². The molecule has 4 nitrogen and oxygen atoms in total. The van der Waals surface area contributed by atoms with E-state index >= 15 is 0 Å². The summed E-state index contributed by atoms with van der Waals surface area (Å²) in [5.74, 6) is 0. The summed E-state index contributed by atoms with van der Waals surface area (Å²) in [7, 11) is -3.25. The number of hydrogen-bond donors (Lipinski definition) is 1. The molecule has 0 aliphatic carbocycles. The Bertz CT molecular complexity index is 684. The van der Waals surface area contributed by atoms with Gasteiger partial charge in [0.25, 0.3) is 0 Å². The molecular weight excluding hydrogens is 284 g/mol. The fraction of sp³-hybridized carbons (Fsp3) is 0.250. The minimum absolute atomic E-state index is 0.585. The van der Waals surface area contributed by atoms with Crippen molar-refractivity contribution < 1.29 is 8.42 Å². The van der Waals surface area contributed by atoms with E-state index in [1.165, 1.54) is 5.56 Å². The fourth-order valence-corrected chi connectivity index (χ4v) is 2.72.